The van der Waals surface area contributed by atoms with Gasteiger partial charge in [-0.15, -0.1) is 0 Å². The van der Waals surface area contributed by atoms with Gasteiger partial charge in [-0.2, -0.15) is 23.5 Å². The first kappa shape index (κ1) is 11.6. The molecule has 6 heteroatoms. The second-order valence-electron chi connectivity index (χ2n) is 3.62. The van der Waals surface area contributed by atoms with Gasteiger partial charge in [0.15, 0.2) is 5.69 Å². The molecule has 0 unspecified atom stereocenters. The SMILES string of the molecule is CC(C)Cn1cc(C#N)c(C(F)(F)F)n1. The number of hydrogen-bond acceptors (Lipinski definition) is 2. The summed E-state index contributed by atoms with van der Waals surface area (Å²) < 4.78 is 38.2. The van der Waals surface area contributed by atoms with Crippen LogP contribution < -0.4 is 0 Å². The molecule has 1 heterocycles. The van der Waals surface area contributed by atoms with E-state index in [0.717, 1.165) is 10.9 Å². The van der Waals surface area contributed by atoms with Gasteiger partial charge in [0.05, 0.1) is 0 Å². The molecule has 0 aliphatic rings. The Balaban J connectivity index is 3.08. The molecular formula is C9H10F3N3. The van der Waals surface area contributed by atoms with Crippen molar-refractivity contribution in [2.24, 2.45) is 5.92 Å². The van der Waals surface area contributed by atoms with Gasteiger partial charge in [0, 0.05) is 12.7 Å². The van der Waals surface area contributed by atoms with Gasteiger partial charge < -0.3 is 0 Å². The van der Waals surface area contributed by atoms with Crippen molar-refractivity contribution < 1.29 is 13.2 Å². The summed E-state index contributed by atoms with van der Waals surface area (Å²) in [6.07, 6.45) is -3.43. The number of aromatic nitrogens is 2. The molecule has 0 saturated heterocycles. The highest BCUT2D eigenvalue weighted by molar-refractivity contribution is 5.32. The third-order valence-corrected chi connectivity index (χ3v) is 1.70. The Hall–Kier alpha value is -1.51. The highest BCUT2D eigenvalue weighted by Gasteiger charge is 2.37. The molecule has 0 aromatic carbocycles. The Morgan fingerprint density at radius 1 is 1.53 bits per heavy atom. The van der Waals surface area contributed by atoms with Crippen molar-refractivity contribution in [2.45, 2.75) is 26.6 Å². The minimum Gasteiger partial charge on any atom is -0.271 e. The highest BCUT2D eigenvalue weighted by Crippen LogP contribution is 2.30. The van der Waals surface area contributed by atoms with Gasteiger partial charge in [-0.05, 0) is 5.92 Å². The minimum atomic E-state index is -4.56. The Kier molecular flexibility index (Phi) is 3.03. The number of hydrogen-bond donors (Lipinski definition) is 0. The van der Waals surface area contributed by atoms with Crippen LogP contribution in [0.25, 0.3) is 0 Å². The van der Waals surface area contributed by atoms with Crippen LogP contribution >= 0.6 is 0 Å². The monoisotopic (exact) mass is 217 g/mol. The fourth-order valence-corrected chi connectivity index (χ4v) is 1.18. The molecule has 0 atom stereocenters. The Bertz CT molecular complexity index is 384. The van der Waals surface area contributed by atoms with E-state index in [1.807, 2.05) is 13.8 Å². The summed E-state index contributed by atoms with van der Waals surface area (Å²) in [6.45, 7) is 4.09. The lowest BCUT2D eigenvalue weighted by atomic mass is 10.2. The van der Waals surface area contributed by atoms with Crippen molar-refractivity contribution in [3.63, 3.8) is 0 Å². The molecule has 3 nitrogen and oxygen atoms in total. The Morgan fingerprint density at radius 2 is 2.13 bits per heavy atom. The minimum absolute atomic E-state index is 0.178. The summed E-state index contributed by atoms with van der Waals surface area (Å²) in [6, 6.07) is 1.49. The number of nitriles is 1. The van der Waals surface area contributed by atoms with Gasteiger partial charge in [0.25, 0.3) is 0 Å². The molecule has 0 saturated carbocycles. The summed E-state index contributed by atoms with van der Waals surface area (Å²) in [5.74, 6) is 0.178. The third-order valence-electron chi connectivity index (χ3n) is 1.70. The van der Waals surface area contributed by atoms with E-state index in [9.17, 15) is 13.2 Å². The molecular weight excluding hydrogens is 207 g/mol. The maximum atomic E-state index is 12.4. The smallest absolute Gasteiger partial charge is 0.271 e. The van der Waals surface area contributed by atoms with E-state index in [-0.39, 0.29) is 5.92 Å². The van der Waals surface area contributed by atoms with Crippen LogP contribution in [-0.4, -0.2) is 9.78 Å². The standard InChI is InChI=1S/C9H10F3N3/c1-6(2)4-15-5-7(3-13)8(14-15)9(10,11)12/h5-6H,4H2,1-2H3. The fourth-order valence-electron chi connectivity index (χ4n) is 1.18. The lowest BCUT2D eigenvalue weighted by Crippen LogP contribution is -2.10. The maximum absolute atomic E-state index is 12.4. The Labute approximate surface area is 85.1 Å². The van der Waals surface area contributed by atoms with Crippen LogP contribution in [-0.2, 0) is 12.7 Å². The fraction of sp³-hybridized carbons (Fsp3) is 0.556. The predicted octanol–water partition coefficient (Wildman–Crippen LogP) is 2.43. The van der Waals surface area contributed by atoms with E-state index < -0.39 is 17.4 Å². The first-order valence-corrected chi connectivity index (χ1v) is 4.39. The van der Waals surface area contributed by atoms with Crippen LogP contribution in [0.3, 0.4) is 0 Å². The van der Waals surface area contributed by atoms with Gasteiger partial charge in [0.2, 0.25) is 0 Å². The molecule has 0 bridgehead atoms. The predicted molar refractivity (Wildman–Crippen MR) is 46.8 cm³/mol. The lowest BCUT2D eigenvalue weighted by Gasteiger charge is -2.04. The van der Waals surface area contributed by atoms with Gasteiger partial charge in [-0.3, -0.25) is 4.68 Å². The topological polar surface area (TPSA) is 41.6 Å². The third kappa shape index (κ3) is 2.72. The molecule has 0 N–H and O–H groups in total. The molecule has 1 aromatic rings. The average Bonchev–Trinajstić information content (AvgIpc) is 2.45. The van der Waals surface area contributed by atoms with Crippen LogP contribution in [0.2, 0.25) is 0 Å². The quantitative estimate of drug-likeness (QED) is 0.763. The average molecular weight is 217 g/mol. The maximum Gasteiger partial charge on any atom is 0.436 e. The molecule has 0 aliphatic heterocycles. The lowest BCUT2D eigenvalue weighted by molar-refractivity contribution is -0.141. The van der Waals surface area contributed by atoms with E-state index in [1.54, 1.807) is 0 Å². The molecule has 82 valence electrons. The van der Waals surface area contributed by atoms with E-state index in [0.29, 0.717) is 6.54 Å². The van der Waals surface area contributed by atoms with Crippen molar-refractivity contribution in [1.82, 2.24) is 9.78 Å². The molecule has 1 rings (SSSR count). The second kappa shape index (κ2) is 3.93. The van der Waals surface area contributed by atoms with Gasteiger partial charge in [-0.25, -0.2) is 0 Å². The van der Waals surface area contributed by atoms with Crippen LogP contribution in [0.5, 0.6) is 0 Å². The Morgan fingerprint density at radius 3 is 2.47 bits per heavy atom. The van der Waals surface area contributed by atoms with E-state index in [4.69, 9.17) is 5.26 Å². The first-order chi connectivity index (χ1) is 6.84. The van der Waals surface area contributed by atoms with Crippen LogP contribution in [0.15, 0.2) is 6.20 Å². The van der Waals surface area contributed by atoms with Crippen molar-refractivity contribution in [3.8, 4) is 6.07 Å². The van der Waals surface area contributed by atoms with Crippen molar-refractivity contribution in [2.75, 3.05) is 0 Å². The molecule has 0 radical (unpaired) electrons. The molecule has 15 heavy (non-hydrogen) atoms. The number of halogens is 3. The van der Waals surface area contributed by atoms with Crippen molar-refractivity contribution in [3.05, 3.63) is 17.5 Å². The summed E-state index contributed by atoms with van der Waals surface area (Å²) in [5.41, 5.74) is -1.53. The summed E-state index contributed by atoms with van der Waals surface area (Å²) in [5, 5.41) is 11.9. The van der Waals surface area contributed by atoms with Crippen LogP contribution in [0.1, 0.15) is 25.1 Å². The summed E-state index contributed by atoms with van der Waals surface area (Å²) in [4.78, 5) is 0. The summed E-state index contributed by atoms with van der Waals surface area (Å²) in [7, 11) is 0. The number of rotatable bonds is 2. The van der Waals surface area contributed by atoms with Gasteiger partial charge in [-0.1, -0.05) is 13.8 Å². The summed E-state index contributed by atoms with van der Waals surface area (Å²) >= 11 is 0. The van der Waals surface area contributed by atoms with Crippen LogP contribution in [0, 0.1) is 17.2 Å². The van der Waals surface area contributed by atoms with Crippen LogP contribution in [0.4, 0.5) is 13.2 Å². The van der Waals surface area contributed by atoms with E-state index >= 15 is 0 Å². The molecule has 0 fully saturated rings. The van der Waals surface area contributed by atoms with Gasteiger partial charge in [0.1, 0.15) is 11.6 Å². The number of alkyl halides is 3. The van der Waals surface area contributed by atoms with Gasteiger partial charge >= 0.3 is 6.18 Å². The zero-order chi connectivity index (χ0) is 11.6. The normalized spacial score (nSPS) is 11.8. The second-order valence-corrected chi connectivity index (χ2v) is 3.62. The van der Waals surface area contributed by atoms with E-state index in [2.05, 4.69) is 5.10 Å². The zero-order valence-corrected chi connectivity index (χ0v) is 8.34. The largest absolute Gasteiger partial charge is 0.436 e. The van der Waals surface area contributed by atoms with Crippen molar-refractivity contribution in [1.29, 1.82) is 5.26 Å². The molecule has 0 amide bonds. The van der Waals surface area contributed by atoms with Crippen molar-refractivity contribution >= 4 is 0 Å². The highest BCUT2D eigenvalue weighted by atomic mass is 19.4. The first-order valence-electron chi connectivity index (χ1n) is 4.39. The zero-order valence-electron chi connectivity index (χ0n) is 8.34. The molecule has 0 aliphatic carbocycles. The molecule has 1 aromatic heterocycles. The molecule has 0 spiro atoms. The van der Waals surface area contributed by atoms with E-state index in [1.165, 1.54) is 6.07 Å². The number of nitrogens with zero attached hydrogens (tertiary/aromatic N) is 3.